The van der Waals surface area contributed by atoms with Crippen LogP contribution in [0.25, 0.3) is 11.1 Å². The molecule has 1 aromatic carbocycles. The zero-order valence-corrected chi connectivity index (χ0v) is 11.5. The molecule has 0 aliphatic carbocycles. The predicted octanol–water partition coefficient (Wildman–Crippen LogP) is 3.56. The Morgan fingerprint density at radius 3 is 2.61 bits per heavy atom. The summed E-state index contributed by atoms with van der Waals surface area (Å²) < 4.78 is 0. The van der Waals surface area contributed by atoms with E-state index >= 15 is 0 Å². The van der Waals surface area contributed by atoms with Crippen molar-refractivity contribution < 1.29 is 0 Å². The predicted molar refractivity (Wildman–Crippen MR) is 76.3 cm³/mol. The number of nitrogens with one attached hydrogen (secondary N) is 1. The summed E-state index contributed by atoms with van der Waals surface area (Å²) in [5.74, 6) is 0.583. The van der Waals surface area contributed by atoms with Crippen LogP contribution in [0.1, 0.15) is 32.0 Å². The quantitative estimate of drug-likeness (QED) is 0.847. The number of aryl methyl sites for hydroxylation is 1. The minimum Gasteiger partial charge on any atom is -0.382 e. The van der Waals surface area contributed by atoms with Crippen LogP contribution in [0, 0.1) is 12.3 Å². The molecule has 0 saturated heterocycles. The van der Waals surface area contributed by atoms with E-state index in [0.717, 1.165) is 23.2 Å². The Morgan fingerprint density at radius 1 is 1.28 bits per heavy atom. The summed E-state index contributed by atoms with van der Waals surface area (Å²) >= 11 is 0. The summed E-state index contributed by atoms with van der Waals surface area (Å²) in [4.78, 5) is 0. The first-order chi connectivity index (χ1) is 8.37. The summed E-state index contributed by atoms with van der Waals surface area (Å²) in [6, 6.07) is 8.37. The molecule has 0 aliphatic heterocycles. The van der Waals surface area contributed by atoms with Crippen molar-refractivity contribution >= 4 is 5.82 Å². The van der Waals surface area contributed by atoms with Gasteiger partial charge in [-0.3, -0.25) is 5.10 Å². The first-order valence-corrected chi connectivity index (χ1v) is 6.26. The summed E-state index contributed by atoms with van der Waals surface area (Å²) in [6.45, 7) is 8.72. The SMILES string of the molecule is Cc1cccc(-c2c(N)n[nH]c2CC(C)(C)C)c1. The summed E-state index contributed by atoms with van der Waals surface area (Å²) in [5.41, 5.74) is 10.7. The summed E-state index contributed by atoms with van der Waals surface area (Å²) in [7, 11) is 0. The first-order valence-electron chi connectivity index (χ1n) is 6.26. The molecule has 0 amide bonds. The number of nitrogen functional groups attached to an aromatic ring is 1. The minimum atomic E-state index is 0.206. The topological polar surface area (TPSA) is 54.7 Å². The molecule has 0 atom stereocenters. The third-order valence-corrected chi connectivity index (χ3v) is 2.88. The van der Waals surface area contributed by atoms with E-state index in [1.54, 1.807) is 0 Å². The number of hydrogen-bond donors (Lipinski definition) is 2. The molecule has 2 rings (SSSR count). The lowest BCUT2D eigenvalue weighted by Crippen LogP contribution is -2.10. The second-order valence-electron chi connectivity index (χ2n) is 6.07. The number of nitrogens with two attached hydrogens (primary N) is 1. The van der Waals surface area contributed by atoms with E-state index in [1.807, 2.05) is 0 Å². The van der Waals surface area contributed by atoms with Crippen LogP contribution in [0.3, 0.4) is 0 Å². The zero-order chi connectivity index (χ0) is 13.3. The molecule has 0 bridgehead atoms. The maximum atomic E-state index is 6.00. The van der Waals surface area contributed by atoms with Crippen LogP contribution < -0.4 is 5.73 Å². The normalized spacial score (nSPS) is 11.8. The highest BCUT2D eigenvalue weighted by Gasteiger charge is 2.19. The highest BCUT2D eigenvalue weighted by atomic mass is 15.2. The third-order valence-electron chi connectivity index (χ3n) is 2.88. The maximum Gasteiger partial charge on any atom is 0.153 e. The van der Waals surface area contributed by atoms with Crippen LogP contribution in [0.4, 0.5) is 5.82 Å². The molecule has 1 heterocycles. The Hall–Kier alpha value is -1.77. The average Bonchev–Trinajstić information content (AvgIpc) is 2.57. The Bertz CT molecular complexity index is 547. The van der Waals surface area contributed by atoms with Gasteiger partial charge in [-0.25, -0.2) is 0 Å². The lowest BCUT2D eigenvalue weighted by molar-refractivity contribution is 0.406. The van der Waals surface area contributed by atoms with Crippen molar-refractivity contribution in [3.05, 3.63) is 35.5 Å². The molecule has 3 nitrogen and oxygen atoms in total. The molecule has 96 valence electrons. The fourth-order valence-corrected chi connectivity index (χ4v) is 2.18. The molecule has 0 fully saturated rings. The molecule has 0 unspecified atom stereocenters. The smallest absolute Gasteiger partial charge is 0.153 e. The standard InChI is InChI=1S/C15H21N3/c1-10-6-5-7-11(8-10)13-12(9-15(2,3)4)17-18-14(13)16/h5-8H,9H2,1-4H3,(H3,16,17,18). The van der Waals surface area contributed by atoms with Crippen molar-refractivity contribution in [2.45, 2.75) is 34.1 Å². The van der Waals surface area contributed by atoms with Gasteiger partial charge in [0.15, 0.2) is 5.82 Å². The van der Waals surface area contributed by atoms with E-state index in [-0.39, 0.29) is 5.41 Å². The van der Waals surface area contributed by atoms with Crippen molar-refractivity contribution in [2.24, 2.45) is 5.41 Å². The molecule has 0 aliphatic rings. The lowest BCUT2D eigenvalue weighted by atomic mass is 9.88. The third kappa shape index (κ3) is 2.73. The van der Waals surface area contributed by atoms with Gasteiger partial charge in [-0.15, -0.1) is 0 Å². The van der Waals surface area contributed by atoms with Crippen molar-refractivity contribution in [3.8, 4) is 11.1 Å². The van der Waals surface area contributed by atoms with Gasteiger partial charge in [-0.2, -0.15) is 5.10 Å². The van der Waals surface area contributed by atoms with Gasteiger partial charge in [0.1, 0.15) is 0 Å². The van der Waals surface area contributed by atoms with Gasteiger partial charge in [0.25, 0.3) is 0 Å². The second-order valence-corrected chi connectivity index (χ2v) is 6.07. The number of hydrogen-bond acceptors (Lipinski definition) is 2. The molecular formula is C15H21N3. The number of anilines is 1. The summed E-state index contributed by atoms with van der Waals surface area (Å²) in [5, 5.41) is 7.23. The van der Waals surface area contributed by atoms with Gasteiger partial charge in [0.2, 0.25) is 0 Å². The van der Waals surface area contributed by atoms with Crippen molar-refractivity contribution in [1.29, 1.82) is 0 Å². The van der Waals surface area contributed by atoms with E-state index in [4.69, 9.17) is 5.73 Å². The fourth-order valence-electron chi connectivity index (χ4n) is 2.18. The number of aromatic amines is 1. The fraction of sp³-hybridized carbons (Fsp3) is 0.400. The highest BCUT2D eigenvalue weighted by Crippen LogP contribution is 2.32. The molecular weight excluding hydrogens is 222 g/mol. The molecule has 18 heavy (non-hydrogen) atoms. The van der Waals surface area contributed by atoms with Gasteiger partial charge in [-0.05, 0) is 24.3 Å². The van der Waals surface area contributed by atoms with Crippen LogP contribution in [-0.4, -0.2) is 10.2 Å². The van der Waals surface area contributed by atoms with Crippen LogP contribution in [0.15, 0.2) is 24.3 Å². The van der Waals surface area contributed by atoms with E-state index < -0.39 is 0 Å². The van der Waals surface area contributed by atoms with Crippen LogP contribution in [0.5, 0.6) is 0 Å². The maximum absolute atomic E-state index is 6.00. The van der Waals surface area contributed by atoms with Crippen molar-refractivity contribution in [1.82, 2.24) is 10.2 Å². The van der Waals surface area contributed by atoms with Crippen LogP contribution in [-0.2, 0) is 6.42 Å². The molecule has 0 spiro atoms. The number of benzene rings is 1. The second kappa shape index (κ2) is 4.48. The van der Waals surface area contributed by atoms with E-state index in [0.29, 0.717) is 5.82 Å². The van der Waals surface area contributed by atoms with Crippen LogP contribution in [0.2, 0.25) is 0 Å². The van der Waals surface area contributed by atoms with E-state index in [1.165, 1.54) is 5.56 Å². The Kier molecular flexibility index (Phi) is 3.16. The molecule has 3 heteroatoms. The van der Waals surface area contributed by atoms with Gasteiger partial charge < -0.3 is 5.73 Å². The van der Waals surface area contributed by atoms with Gasteiger partial charge in [0, 0.05) is 11.3 Å². The van der Waals surface area contributed by atoms with Crippen molar-refractivity contribution in [3.63, 3.8) is 0 Å². The Balaban J connectivity index is 2.47. The molecule has 2 aromatic rings. The lowest BCUT2D eigenvalue weighted by Gasteiger charge is -2.18. The Morgan fingerprint density at radius 2 is 2.00 bits per heavy atom. The summed E-state index contributed by atoms with van der Waals surface area (Å²) in [6.07, 6.45) is 0.931. The molecule has 3 N–H and O–H groups in total. The molecule has 0 radical (unpaired) electrons. The zero-order valence-electron chi connectivity index (χ0n) is 11.5. The van der Waals surface area contributed by atoms with Crippen molar-refractivity contribution in [2.75, 3.05) is 5.73 Å². The van der Waals surface area contributed by atoms with Gasteiger partial charge >= 0.3 is 0 Å². The Labute approximate surface area is 108 Å². The van der Waals surface area contributed by atoms with Gasteiger partial charge in [0.05, 0.1) is 0 Å². The molecule has 1 aromatic heterocycles. The monoisotopic (exact) mass is 243 g/mol. The number of aromatic nitrogens is 2. The van der Waals surface area contributed by atoms with Gasteiger partial charge in [-0.1, -0.05) is 50.6 Å². The highest BCUT2D eigenvalue weighted by molar-refractivity contribution is 5.76. The largest absolute Gasteiger partial charge is 0.382 e. The van der Waals surface area contributed by atoms with E-state index in [2.05, 4.69) is 62.2 Å². The average molecular weight is 243 g/mol. The number of nitrogens with zero attached hydrogens (tertiary/aromatic N) is 1. The molecule has 0 saturated carbocycles. The first kappa shape index (κ1) is 12.7. The van der Waals surface area contributed by atoms with E-state index in [9.17, 15) is 0 Å². The number of rotatable bonds is 2. The minimum absolute atomic E-state index is 0.206. The number of H-pyrrole nitrogens is 1. The van der Waals surface area contributed by atoms with Crippen LogP contribution >= 0.6 is 0 Å².